The van der Waals surface area contributed by atoms with Crippen molar-refractivity contribution >= 4 is 51.3 Å². The Morgan fingerprint density at radius 1 is 1.04 bits per heavy atom. The van der Waals surface area contributed by atoms with Gasteiger partial charge in [0.2, 0.25) is 0 Å². The van der Waals surface area contributed by atoms with Crippen molar-refractivity contribution in [2.45, 2.75) is 6.92 Å². The number of hydrogen-bond donors (Lipinski definition) is 2. The zero-order chi connectivity index (χ0) is 16.4. The zero-order valence-corrected chi connectivity index (χ0v) is 13.8. The number of aryl methyl sites for hydroxylation is 1. The average molecular weight is 345 g/mol. The molecule has 0 unspecified atom stereocenters. The molecule has 1 heterocycles. The number of anilines is 2. The highest BCUT2D eigenvalue weighted by molar-refractivity contribution is 7.80. The maximum absolute atomic E-state index is 11.5. The molecule has 0 aliphatic rings. The quantitative estimate of drug-likeness (QED) is 0.527. The molecule has 3 aromatic rings. The van der Waals surface area contributed by atoms with Gasteiger partial charge in [0.15, 0.2) is 5.11 Å². The Bertz CT molecular complexity index is 935. The van der Waals surface area contributed by atoms with E-state index in [0.717, 1.165) is 22.3 Å². The predicted molar refractivity (Wildman–Crippen MR) is 98.5 cm³/mol. The van der Waals surface area contributed by atoms with Crippen LogP contribution in [0.25, 0.3) is 11.0 Å². The highest BCUT2D eigenvalue weighted by Crippen LogP contribution is 2.21. The number of hydrogen-bond acceptors (Lipinski definition) is 3. The van der Waals surface area contributed by atoms with Crippen molar-refractivity contribution in [3.63, 3.8) is 0 Å². The van der Waals surface area contributed by atoms with Crippen molar-refractivity contribution in [3.05, 3.63) is 69.5 Å². The third kappa shape index (κ3) is 3.70. The van der Waals surface area contributed by atoms with Gasteiger partial charge in [-0.2, -0.15) is 0 Å². The van der Waals surface area contributed by atoms with Crippen LogP contribution in [0.3, 0.4) is 0 Å². The molecule has 0 fully saturated rings. The number of nitrogens with one attached hydrogen (secondary N) is 2. The summed E-state index contributed by atoms with van der Waals surface area (Å²) in [5, 5.41) is 8.11. The summed E-state index contributed by atoms with van der Waals surface area (Å²) in [6, 6.07) is 14.2. The molecule has 116 valence electrons. The minimum atomic E-state index is -0.367. The van der Waals surface area contributed by atoms with Gasteiger partial charge in [-0.3, -0.25) is 0 Å². The molecule has 2 N–H and O–H groups in total. The molecule has 4 nitrogen and oxygen atoms in total. The molecular formula is C17H13ClN2O2S. The van der Waals surface area contributed by atoms with Gasteiger partial charge >= 0.3 is 5.63 Å². The molecule has 0 spiro atoms. The lowest BCUT2D eigenvalue weighted by atomic mass is 10.1. The fourth-order valence-corrected chi connectivity index (χ4v) is 2.59. The maximum atomic E-state index is 11.5. The standard InChI is InChI=1S/C17H13ClN2O2S/c1-10-8-16(21)22-15-9-13(6-7-14(10)15)20-17(23)19-12-4-2-11(18)3-5-12/h2-9H,1H3,(H2,19,20,23). The first kappa shape index (κ1) is 15.5. The Morgan fingerprint density at radius 2 is 1.70 bits per heavy atom. The molecule has 0 amide bonds. The summed E-state index contributed by atoms with van der Waals surface area (Å²) in [5.41, 5.74) is 2.60. The van der Waals surface area contributed by atoms with Gasteiger partial charge in [0.1, 0.15) is 5.58 Å². The summed E-state index contributed by atoms with van der Waals surface area (Å²) in [7, 11) is 0. The first-order valence-corrected chi connectivity index (χ1v) is 7.68. The Labute approximate surface area is 143 Å². The van der Waals surface area contributed by atoms with Crippen molar-refractivity contribution in [2.24, 2.45) is 0 Å². The largest absolute Gasteiger partial charge is 0.423 e. The second kappa shape index (κ2) is 6.40. The molecule has 3 rings (SSSR count). The molecule has 0 saturated heterocycles. The summed E-state index contributed by atoms with van der Waals surface area (Å²) in [6.45, 7) is 1.87. The average Bonchev–Trinajstić information content (AvgIpc) is 2.49. The van der Waals surface area contributed by atoms with Gasteiger partial charge in [-0.05, 0) is 61.1 Å². The summed E-state index contributed by atoms with van der Waals surface area (Å²) >= 11 is 11.1. The van der Waals surface area contributed by atoms with Crippen LogP contribution in [0.15, 0.2) is 57.7 Å². The van der Waals surface area contributed by atoms with Crippen molar-refractivity contribution in [2.75, 3.05) is 10.6 Å². The SMILES string of the molecule is Cc1cc(=O)oc2cc(NC(=S)Nc3ccc(Cl)cc3)ccc12. The van der Waals surface area contributed by atoms with Crippen molar-refractivity contribution < 1.29 is 4.42 Å². The van der Waals surface area contributed by atoms with E-state index in [9.17, 15) is 4.79 Å². The minimum absolute atomic E-state index is 0.367. The molecule has 2 aromatic carbocycles. The smallest absolute Gasteiger partial charge is 0.336 e. The normalized spacial score (nSPS) is 10.5. The van der Waals surface area contributed by atoms with Crippen LogP contribution < -0.4 is 16.3 Å². The van der Waals surface area contributed by atoms with Crippen LogP contribution in [0.1, 0.15) is 5.56 Å². The molecule has 6 heteroatoms. The predicted octanol–water partition coefficient (Wildman–Crippen LogP) is 4.56. The van der Waals surface area contributed by atoms with Gasteiger partial charge in [0, 0.05) is 33.9 Å². The molecule has 0 radical (unpaired) electrons. The molecule has 0 aliphatic heterocycles. The number of fused-ring (bicyclic) bond motifs is 1. The number of rotatable bonds is 2. The van der Waals surface area contributed by atoms with E-state index in [1.165, 1.54) is 6.07 Å². The number of halogens is 1. The fourth-order valence-electron chi connectivity index (χ4n) is 2.23. The third-order valence-electron chi connectivity index (χ3n) is 3.31. The van der Waals surface area contributed by atoms with Crippen molar-refractivity contribution in [3.8, 4) is 0 Å². The summed E-state index contributed by atoms with van der Waals surface area (Å²) in [4.78, 5) is 11.5. The summed E-state index contributed by atoms with van der Waals surface area (Å²) < 4.78 is 5.22. The van der Waals surface area contributed by atoms with E-state index < -0.39 is 0 Å². The van der Waals surface area contributed by atoms with Crippen LogP contribution in [0, 0.1) is 6.92 Å². The second-order valence-corrected chi connectivity index (χ2v) is 5.89. The summed E-state index contributed by atoms with van der Waals surface area (Å²) in [6.07, 6.45) is 0. The molecule has 1 aromatic heterocycles. The molecule has 0 atom stereocenters. The van der Waals surface area contributed by atoms with Crippen LogP contribution in [0.4, 0.5) is 11.4 Å². The Hall–Kier alpha value is -2.37. The van der Waals surface area contributed by atoms with E-state index in [-0.39, 0.29) is 5.63 Å². The molecular weight excluding hydrogens is 332 g/mol. The van der Waals surface area contributed by atoms with E-state index in [1.54, 1.807) is 18.2 Å². The van der Waals surface area contributed by atoms with Crippen molar-refractivity contribution in [1.82, 2.24) is 0 Å². The molecule has 0 aliphatic carbocycles. The topological polar surface area (TPSA) is 54.3 Å². The Balaban J connectivity index is 1.79. The van der Waals surface area contributed by atoms with E-state index in [1.807, 2.05) is 31.2 Å². The van der Waals surface area contributed by atoms with E-state index in [2.05, 4.69) is 10.6 Å². The van der Waals surface area contributed by atoms with Crippen LogP contribution in [-0.4, -0.2) is 5.11 Å². The highest BCUT2D eigenvalue weighted by atomic mass is 35.5. The van der Waals surface area contributed by atoms with E-state index in [4.69, 9.17) is 28.2 Å². The first-order chi connectivity index (χ1) is 11.0. The molecule has 0 bridgehead atoms. The fraction of sp³-hybridized carbons (Fsp3) is 0.0588. The first-order valence-electron chi connectivity index (χ1n) is 6.89. The maximum Gasteiger partial charge on any atom is 0.336 e. The van der Waals surface area contributed by atoms with Gasteiger partial charge in [0.25, 0.3) is 0 Å². The third-order valence-corrected chi connectivity index (χ3v) is 3.77. The summed E-state index contributed by atoms with van der Waals surface area (Å²) in [5.74, 6) is 0. The lowest BCUT2D eigenvalue weighted by Gasteiger charge is -2.11. The van der Waals surface area contributed by atoms with Gasteiger partial charge in [-0.15, -0.1) is 0 Å². The Kier molecular flexibility index (Phi) is 4.32. The van der Waals surface area contributed by atoms with Crippen LogP contribution in [-0.2, 0) is 0 Å². The second-order valence-electron chi connectivity index (χ2n) is 5.05. The molecule has 23 heavy (non-hydrogen) atoms. The van der Waals surface area contributed by atoms with Crippen molar-refractivity contribution in [1.29, 1.82) is 0 Å². The van der Waals surface area contributed by atoms with Crippen LogP contribution in [0.5, 0.6) is 0 Å². The van der Waals surface area contributed by atoms with E-state index >= 15 is 0 Å². The zero-order valence-electron chi connectivity index (χ0n) is 12.2. The van der Waals surface area contributed by atoms with Gasteiger partial charge in [0.05, 0.1) is 0 Å². The number of thiocarbonyl (C=S) groups is 1. The lowest BCUT2D eigenvalue weighted by Crippen LogP contribution is -2.18. The van der Waals surface area contributed by atoms with Crippen LogP contribution >= 0.6 is 23.8 Å². The number of benzene rings is 2. The Morgan fingerprint density at radius 3 is 2.43 bits per heavy atom. The van der Waals surface area contributed by atoms with E-state index in [0.29, 0.717) is 15.7 Å². The molecule has 0 saturated carbocycles. The van der Waals surface area contributed by atoms with Gasteiger partial charge < -0.3 is 15.1 Å². The lowest BCUT2D eigenvalue weighted by molar-refractivity contribution is 0.560. The highest BCUT2D eigenvalue weighted by Gasteiger charge is 2.05. The minimum Gasteiger partial charge on any atom is -0.423 e. The van der Waals surface area contributed by atoms with Crippen LogP contribution in [0.2, 0.25) is 5.02 Å². The van der Waals surface area contributed by atoms with Gasteiger partial charge in [-0.1, -0.05) is 11.6 Å². The monoisotopic (exact) mass is 344 g/mol. The van der Waals surface area contributed by atoms with Gasteiger partial charge in [-0.25, -0.2) is 4.79 Å².